The number of aromatic nitrogens is 1. The summed E-state index contributed by atoms with van der Waals surface area (Å²) in [7, 11) is -3.25. The Balaban J connectivity index is 2.17. The lowest BCUT2D eigenvalue weighted by Gasteiger charge is -2.35. The van der Waals surface area contributed by atoms with Crippen molar-refractivity contribution in [3.8, 4) is 0 Å². The van der Waals surface area contributed by atoms with E-state index in [2.05, 4.69) is 23.6 Å². The van der Waals surface area contributed by atoms with Crippen molar-refractivity contribution >= 4 is 27.3 Å². The Kier molecular flexibility index (Phi) is 5.80. The molecular weight excluding hydrogens is 334 g/mol. The van der Waals surface area contributed by atoms with Crippen molar-refractivity contribution in [2.75, 3.05) is 19.3 Å². The summed E-state index contributed by atoms with van der Waals surface area (Å²) in [6, 6.07) is -0.0880. The first-order valence-corrected chi connectivity index (χ1v) is 10.6. The molecule has 1 aliphatic heterocycles. The van der Waals surface area contributed by atoms with Crippen LogP contribution < -0.4 is 4.72 Å². The van der Waals surface area contributed by atoms with Gasteiger partial charge in [-0.25, -0.2) is 18.1 Å². The summed E-state index contributed by atoms with van der Waals surface area (Å²) in [4.78, 5) is 19.9. The predicted molar refractivity (Wildman–Crippen MR) is 92.5 cm³/mol. The molecule has 1 aliphatic rings. The molecule has 0 unspecified atom stereocenters. The van der Waals surface area contributed by atoms with E-state index in [1.807, 2.05) is 11.8 Å². The van der Waals surface area contributed by atoms with Gasteiger partial charge in [0.15, 0.2) is 0 Å². The number of thiazole rings is 1. The van der Waals surface area contributed by atoms with Crippen molar-refractivity contribution in [1.29, 1.82) is 0 Å². The minimum atomic E-state index is -3.25. The van der Waals surface area contributed by atoms with Crippen LogP contribution in [0.2, 0.25) is 0 Å². The highest BCUT2D eigenvalue weighted by Gasteiger charge is 2.30. The summed E-state index contributed by atoms with van der Waals surface area (Å²) < 4.78 is 25.2. The third kappa shape index (κ3) is 4.74. The van der Waals surface area contributed by atoms with E-state index in [-0.39, 0.29) is 18.5 Å². The van der Waals surface area contributed by atoms with Crippen molar-refractivity contribution in [1.82, 2.24) is 14.6 Å². The fraction of sp³-hybridized carbons (Fsp3) is 0.733. The van der Waals surface area contributed by atoms with E-state index in [0.717, 1.165) is 36.2 Å². The van der Waals surface area contributed by atoms with Crippen LogP contribution in [-0.2, 0) is 10.0 Å². The second-order valence-corrected chi connectivity index (χ2v) is 9.25. The van der Waals surface area contributed by atoms with E-state index in [1.54, 1.807) is 0 Å². The number of piperidine rings is 1. The topological polar surface area (TPSA) is 79.4 Å². The van der Waals surface area contributed by atoms with Crippen LogP contribution in [0.1, 0.15) is 59.4 Å². The molecule has 1 saturated heterocycles. The molecule has 2 heterocycles. The van der Waals surface area contributed by atoms with Gasteiger partial charge >= 0.3 is 0 Å². The molecule has 0 aliphatic carbocycles. The zero-order chi connectivity index (χ0) is 17.2. The van der Waals surface area contributed by atoms with Crippen LogP contribution in [0.15, 0.2) is 0 Å². The quantitative estimate of drug-likeness (QED) is 0.873. The number of rotatable bonds is 5. The Morgan fingerprint density at radius 3 is 2.70 bits per heavy atom. The van der Waals surface area contributed by atoms with Crippen molar-refractivity contribution in [3.05, 3.63) is 15.6 Å². The maximum atomic E-state index is 12.9. The Morgan fingerprint density at radius 1 is 1.43 bits per heavy atom. The normalized spacial score (nSPS) is 19.3. The van der Waals surface area contributed by atoms with Crippen LogP contribution >= 0.6 is 11.3 Å². The third-order valence-electron chi connectivity index (χ3n) is 3.97. The average molecular weight is 360 g/mol. The van der Waals surface area contributed by atoms with E-state index >= 15 is 0 Å². The number of hydrogen-bond donors (Lipinski definition) is 1. The van der Waals surface area contributed by atoms with Gasteiger partial charge in [0, 0.05) is 25.0 Å². The predicted octanol–water partition coefficient (Wildman–Crippen LogP) is 2.12. The van der Waals surface area contributed by atoms with Crippen LogP contribution in [0.4, 0.5) is 0 Å². The number of carbonyl (C=O) groups is 1. The van der Waals surface area contributed by atoms with Gasteiger partial charge in [0.25, 0.3) is 5.91 Å². The first-order valence-electron chi connectivity index (χ1n) is 7.92. The van der Waals surface area contributed by atoms with Gasteiger partial charge in [-0.05, 0) is 26.2 Å². The summed E-state index contributed by atoms with van der Waals surface area (Å²) >= 11 is 1.45. The zero-order valence-corrected chi connectivity index (χ0v) is 15.8. The molecule has 23 heavy (non-hydrogen) atoms. The van der Waals surface area contributed by atoms with E-state index < -0.39 is 10.0 Å². The largest absolute Gasteiger partial charge is 0.334 e. The van der Waals surface area contributed by atoms with Gasteiger partial charge in [0.2, 0.25) is 10.0 Å². The molecule has 0 bridgehead atoms. The highest BCUT2D eigenvalue weighted by Crippen LogP contribution is 2.28. The van der Waals surface area contributed by atoms with Crippen LogP contribution in [0.3, 0.4) is 0 Å². The van der Waals surface area contributed by atoms with Gasteiger partial charge < -0.3 is 4.90 Å². The first kappa shape index (κ1) is 18.4. The van der Waals surface area contributed by atoms with Crippen molar-refractivity contribution in [2.45, 2.75) is 52.0 Å². The molecule has 1 N–H and O–H groups in total. The van der Waals surface area contributed by atoms with Crippen molar-refractivity contribution < 1.29 is 13.2 Å². The maximum Gasteiger partial charge on any atom is 0.266 e. The Bertz CT molecular complexity index is 668. The van der Waals surface area contributed by atoms with Crippen LogP contribution in [-0.4, -0.2) is 49.6 Å². The Morgan fingerprint density at radius 2 is 2.13 bits per heavy atom. The third-order valence-corrected chi connectivity index (χ3v) is 6.11. The minimum Gasteiger partial charge on any atom is -0.334 e. The Labute approximate surface area is 142 Å². The number of sulfonamides is 1. The molecule has 1 aromatic heterocycles. The van der Waals surface area contributed by atoms with E-state index in [0.29, 0.717) is 17.3 Å². The molecule has 0 spiro atoms. The number of aryl methyl sites for hydroxylation is 1. The molecule has 8 heteroatoms. The highest BCUT2D eigenvalue weighted by atomic mass is 32.2. The number of nitrogens with zero attached hydrogens (tertiary/aromatic N) is 2. The molecule has 1 fully saturated rings. The van der Waals surface area contributed by atoms with E-state index in [9.17, 15) is 13.2 Å². The van der Waals surface area contributed by atoms with E-state index in [4.69, 9.17) is 0 Å². The van der Waals surface area contributed by atoms with Gasteiger partial charge in [-0.3, -0.25) is 4.79 Å². The molecule has 0 radical (unpaired) electrons. The molecule has 130 valence electrons. The lowest BCUT2D eigenvalue weighted by atomic mass is 10.0. The van der Waals surface area contributed by atoms with Gasteiger partial charge in [0.1, 0.15) is 4.88 Å². The summed E-state index contributed by atoms with van der Waals surface area (Å²) in [6.45, 7) is 6.94. The monoisotopic (exact) mass is 359 g/mol. The smallest absolute Gasteiger partial charge is 0.266 e. The second kappa shape index (κ2) is 7.27. The number of hydrogen-bond acceptors (Lipinski definition) is 5. The fourth-order valence-electron chi connectivity index (χ4n) is 2.72. The summed E-state index contributed by atoms with van der Waals surface area (Å²) in [5.41, 5.74) is 0.768. The molecule has 2 rings (SSSR count). The van der Waals surface area contributed by atoms with Gasteiger partial charge in [-0.1, -0.05) is 13.8 Å². The summed E-state index contributed by atoms with van der Waals surface area (Å²) in [6.07, 6.45) is 3.93. The van der Waals surface area contributed by atoms with Crippen molar-refractivity contribution in [3.63, 3.8) is 0 Å². The summed E-state index contributed by atoms with van der Waals surface area (Å²) in [5.74, 6) is 0.274. The zero-order valence-electron chi connectivity index (χ0n) is 14.1. The Hall–Kier alpha value is -0.990. The maximum absolute atomic E-state index is 12.9. The molecular formula is C15H25N3O3S2. The van der Waals surface area contributed by atoms with Gasteiger partial charge in [-0.2, -0.15) is 0 Å². The average Bonchev–Trinajstić information content (AvgIpc) is 2.86. The minimum absolute atomic E-state index is 0.0214. The number of nitrogens with one attached hydrogen (secondary N) is 1. The lowest BCUT2D eigenvalue weighted by Crippen LogP contribution is -2.49. The van der Waals surface area contributed by atoms with Crippen LogP contribution in [0.25, 0.3) is 0 Å². The molecule has 1 amide bonds. The fourth-order valence-corrected chi connectivity index (χ4v) is 4.24. The molecule has 0 aromatic carbocycles. The van der Waals surface area contributed by atoms with Crippen LogP contribution in [0.5, 0.6) is 0 Å². The number of amides is 1. The molecule has 6 nitrogen and oxygen atoms in total. The van der Waals surface area contributed by atoms with Crippen LogP contribution in [0, 0.1) is 6.92 Å². The summed E-state index contributed by atoms with van der Waals surface area (Å²) in [5, 5.41) is 0.966. The molecule has 0 saturated carbocycles. The highest BCUT2D eigenvalue weighted by molar-refractivity contribution is 7.88. The molecule has 1 aromatic rings. The van der Waals surface area contributed by atoms with Gasteiger partial charge in [-0.15, -0.1) is 11.3 Å². The van der Waals surface area contributed by atoms with Gasteiger partial charge in [0.05, 0.1) is 17.0 Å². The lowest BCUT2D eigenvalue weighted by molar-refractivity contribution is 0.0623. The molecule has 1 atom stereocenters. The van der Waals surface area contributed by atoms with Crippen molar-refractivity contribution in [2.24, 2.45) is 0 Å². The van der Waals surface area contributed by atoms with E-state index in [1.165, 1.54) is 11.3 Å². The number of likely N-dealkylation sites (tertiary alicyclic amines) is 1. The number of carbonyl (C=O) groups excluding carboxylic acids is 1. The SMILES string of the molecule is Cc1nc(C(C)C)sc1C(=O)N1CCCC[C@H]1CNS(C)(=O)=O. The second-order valence-electron chi connectivity index (χ2n) is 6.39. The standard InChI is InChI=1S/C15H25N3O3S2/c1-10(2)14-17-11(3)13(22-14)15(19)18-8-6-5-7-12(18)9-16-23(4,20)21/h10,12,16H,5-9H2,1-4H3/t12-/m0/s1. The first-order chi connectivity index (χ1) is 10.7.